The van der Waals surface area contributed by atoms with E-state index in [4.69, 9.17) is 4.74 Å². The molecule has 132 valence electrons. The molecular weight excluding hydrogens is 318 g/mol. The van der Waals surface area contributed by atoms with E-state index in [-0.39, 0.29) is 23.8 Å². The largest absolute Gasteiger partial charge is 0.507 e. The van der Waals surface area contributed by atoms with Crippen molar-refractivity contribution in [1.82, 2.24) is 4.90 Å². The molecule has 0 radical (unpaired) electrons. The Morgan fingerprint density at radius 2 is 1.60 bits per heavy atom. The summed E-state index contributed by atoms with van der Waals surface area (Å²) >= 11 is 0. The fourth-order valence-corrected chi connectivity index (χ4v) is 2.39. The van der Waals surface area contributed by atoms with Gasteiger partial charge >= 0.3 is 5.97 Å². The van der Waals surface area contributed by atoms with Gasteiger partial charge in [-0.15, -0.1) is 0 Å². The molecule has 1 amide bonds. The third-order valence-corrected chi connectivity index (χ3v) is 3.75. The molecule has 0 aliphatic carbocycles. The highest BCUT2D eigenvalue weighted by Gasteiger charge is 2.27. The zero-order valence-electron chi connectivity index (χ0n) is 14.7. The van der Waals surface area contributed by atoms with Gasteiger partial charge in [-0.05, 0) is 38.5 Å². The summed E-state index contributed by atoms with van der Waals surface area (Å²) in [4.78, 5) is 26.3. The minimum Gasteiger partial charge on any atom is -0.507 e. The van der Waals surface area contributed by atoms with Gasteiger partial charge in [-0.3, -0.25) is 4.79 Å². The predicted molar refractivity (Wildman–Crippen MR) is 95.1 cm³/mol. The smallest absolute Gasteiger partial charge is 0.342 e. The zero-order valence-corrected chi connectivity index (χ0v) is 14.7. The van der Waals surface area contributed by atoms with E-state index in [9.17, 15) is 14.7 Å². The van der Waals surface area contributed by atoms with Crippen molar-refractivity contribution in [3.63, 3.8) is 0 Å². The molecule has 1 N–H and O–H groups in total. The van der Waals surface area contributed by atoms with Gasteiger partial charge in [0.05, 0.1) is 0 Å². The van der Waals surface area contributed by atoms with Crippen LogP contribution in [-0.4, -0.2) is 34.0 Å². The summed E-state index contributed by atoms with van der Waals surface area (Å²) in [6.07, 6.45) is 0. The number of rotatable bonds is 5. The van der Waals surface area contributed by atoms with Crippen molar-refractivity contribution < 1.29 is 19.4 Å². The van der Waals surface area contributed by atoms with Crippen LogP contribution in [0.4, 0.5) is 0 Å². The Balaban J connectivity index is 2.05. The molecule has 25 heavy (non-hydrogen) atoms. The predicted octanol–water partition coefficient (Wildman–Crippen LogP) is 3.38. The Hall–Kier alpha value is -2.82. The second-order valence-corrected chi connectivity index (χ2v) is 6.73. The van der Waals surface area contributed by atoms with E-state index in [1.165, 1.54) is 12.1 Å². The highest BCUT2D eigenvalue weighted by atomic mass is 16.5. The monoisotopic (exact) mass is 341 g/mol. The number of ether oxygens (including phenoxy) is 1. The van der Waals surface area contributed by atoms with Crippen LogP contribution in [-0.2, 0) is 16.1 Å². The lowest BCUT2D eigenvalue weighted by Gasteiger charge is -2.35. The van der Waals surface area contributed by atoms with Gasteiger partial charge in [0, 0.05) is 12.1 Å². The third-order valence-electron chi connectivity index (χ3n) is 3.75. The number of hydrogen-bond donors (Lipinski definition) is 1. The first-order chi connectivity index (χ1) is 11.8. The Labute approximate surface area is 147 Å². The molecule has 0 saturated heterocycles. The molecule has 0 spiro atoms. The first kappa shape index (κ1) is 18.5. The number of phenolic OH excluding ortho intramolecular Hbond substituents is 1. The van der Waals surface area contributed by atoms with Gasteiger partial charge in [-0.1, -0.05) is 42.5 Å². The van der Waals surface area contributed by atoms with E-state index >= 15 is 0 Å². The van der Waals surface area contributed by atoms with Crippen molar-refractivity contribution in [1.29, 1.82) is 0 Å². The second-order valence-electron chi connectivity index (χ2n) is 6.73. The minimum absolute atomic E-state index is 0.0423. The van der Waals surface area contributed by atoms with E-state index in [1.54, 1.807) is 17.0 Å². The summed E-state index contributed by atoms with van der Waals surface area (Å²) < 4.78 is 5.09. The summed E-state index contributed by atoms with van der Waals surface area (Å²) in [6, 6.07) is 15.7. The normalized spacial score (nSPS) is 11.0. The Morgan fingerprint density at radius 3 is 2.20 bits per heavy atom. The summed E-state index contributed by atoms with van der Waals surface area (Å²) in [7, 11) is 0. The van der Waals surface area contributed by atoms with Gasteiger partial charge in [0.25, 0.3) is 5.91 Å². The first-order valence-corrected chi connectivity index (χ1v) is 8.08. The Kier molecular flexibility index (Phi) is 5.80. The van der Waals surface area contributed by atoms with Crippen LogP contribution in [0.1, 0.15) is 36.7 Å². The maximum absolute atomic E-state index is 12.6. The summed E-state index contributed by atoms with van der Waals surface area (Å²) in [5.41, 5.74) is 0.618. The van der Waals surface area contributed by atoms with Crippen LogP contribution in [0.5, 0.6) is 5.75 Å². The van der Waals surface area contributed by atoms with Crippen molar-refractivity contribution in [3.8, 4) is 5.75 Å². The molecule has 0 saturated carbocycles. The molecule has 0 atom stereocenters. The van der Waals surface area contributed by atoms with Crippen LogP contribution in [0.2, 0.25) is 0 Å². The summed E-state index contributed by atoms with van der Waals surface area (Å²) in [6.45, 7) is 5.84. The molecule has 0 aromatic heterocycles. The summed E-state index contributed by atoms with van der Waals surface area (Å²) in [5.74, 6) is -1.18. The maximum atomic E-state index is 12.6. The molecule has 0 bridgehead atoms. The van der Waals surface area contributed by atoms with E-state index < -0.39 is 11.5 Å². The first-order valence-electron chi connectivity index (χ1n) is 8.08. The number of para-hydroxylation sites is 1. The highest BCUT2D eigenvalue weighted by Crippen LogP contribution is 2.19. The number of benzene rings is 2. The average molecular weight is 341 g/mol. The van der Waals surface area contributed by atoms with Crippen LogP contribution in [0.15, 0.2) is 54.6 Å². The van der Waals surface area contributed by atoms with Crippen molar-refractivity contribution in [2.75, 3.05) is 6.61 Å². The van der Waals surface area contributed by atoms with E-state index in [0.29, 0.717) is 6.54 Å². The third kappa shape index (κ3) is 5.08. The number of carbonyl (C=O) groups is 2. The molecule has 2 aromatic carbocycles. The second kappa shape index (κ2) is 7.83. The Morgan fingerprint density at radius 1 is 1.00 bits per heavy atom. The number of phenols is 1. The van der Waals surface area contributed by atoms with E-state index in [2.05, 4.69) is 0 Å². The quantitative estimate of drug-likeness (QED) is 0.847. The number of amides is 1. The minimum atomic E-state index is -0.722. The van der Waals surface area contributed by atoms with Gasteiger partial charge in [-0.2, -0.15) is 0 Å². The van der Waals surface area contributed by atoms with Crippen molar-refractivity contribution in [2.24, 2.45) is 0 Å². The lowest BCUT2D eigenvalue weighted by molar-refractivity contribution is -0.140. The maximum Gasteiger partial charge on any atom is 0.342 e. The lowest BCUT2D eigenvalue weighted by atomic mass is 10.0. The van der Waals surface area contributed by atoms with Gasteiger partial charge in [-0.25, -0.2) is 4.79 Å². The van der Waals surface area contributed by atoms with E-state index in [0.717, 1.165) is 5.56 Å². The topological polar surface area (TPSA) is 66.8 Å². The van der Waals surface area contributed by atoms with Crippen molar-refractivity contribution in [2.45, 2.75) is 32.9 Å². The molecule has 0 heterocycles. The SMILES string of the molecule is CC(C)(C)N(Cc1ccccc1)C(=O)COC(=O)c1ccccc1O. The van der Waals surface area contributed by atoms with Gasteiger partial charge in [0.2, 0.25) is 0 Å². The van der Waals surface area contributed by atoms with Crippen molar-refractivity contribution >= 4 is 11.9 Å². The van der Waals surface area contributed by atoms with Crippen molar-refractivity contribution in [3.05, 3.63) is 65.7 Å². The van der Waals surface area contributed by atoms with Gasteiger partial charge in [0.15, 0.2) is 6.61 Å². The molecule has 0 aliphatic rings. The number of aromatic hydroxyl groups is 1. The average Bonchev–Trinajstić information content (AvgIpc) is 2.57. The van der Waals surface area contributed by atoms with Gasteiger partial charge < -0.3 is 14.7 Å². The molecule has 0 aliphatic heterocycles. The van der Waals surface area contributed by atoms with Crippen LogP contribution in [0, 0.1) is 0 Å². The molecule has 5 nitrogen and oxygen atoms in total. The zero-order chi connectivity index (χ0) is 18.4. The number of carbonyl (C=O) groups excluding carboxylic acids is 2. The standard InChI is InChI=1S/C20H23NO4/c1-20(2,3)21(13-15-9-5-4-6-10-15)18(23)14-25-19(24)16-11-7-8-12-17(16)22/h4-12,22H,13-14H2,1-3H3. The number of hydrogen-bond acceptors (Lipinski definition) is 4. The highest BCUT2D eigenvalue weighted by molar-refractivity contribution is 5.93. The van der Waals surface area contributed by atoms with E-state index in [1.807, 2.05) is 51.1 Å². The van der Waals surface area contributed by atoms with Gasteiger partial charge in [0.1, 0.15) is 11.3 Å². The lowest BCUT2D eigenvalue weighted by Crippen LogP contribution is -2.46. The van der Waals surface area contributed by atoms with Crippen LogP contribution >= 0.6 is 0 Å². The molecule has 5 heteroatoms. The molecule has 2 aromatic rings. The van der Waals surface area contributed by atoms with Crippen LogP contribution < -0.4 is 0 Å². The number of esters is 1. The van der Waals surface area contributed by atoms with Crippen LogP contribution in [0.25, 0.3) is 0 Å². The molecule has 2 rings (SSSR count). The Bertz CT molecular complexity index is 735. The fraction of sp³-hybridized carbons (Fsp3) is 0.300. The molecule has 0 unspecified atom stereocenters. The van der Waals surface area contributed by atoms with Crippen LogP contribution in [0.3, 0.4) is 0 Å². The molecule has 0 fully saturated rings. The molecular formula is C20H23NO4. The summed E-state index contributed by atoms with van der Waals surface area (Å²) in [5, 5.41) is 9.68. The fourth-order valence-electron chi connectivity index (χ4n) is 2.39. The number of nitrogens with zero attached hydrogens (tertiary/aromatic N) is 1.